The summed E-state index contributed by atoms with van der Waals surface area (Å²) < 4.78 is 0. The number of benzene rings is 2. The molecule has 0 N–H and O–H groups in total. The fraction of sp³-hybridized carbons (Fsp3) is 0.133. The van der Waals surface area contributed by atoms with Crippen LogP contribution in [-0.2, 0) is 0 Å². The van der Waals surface area contributed by atoms with Gasteiger partial charge in [-0.05, 0) is 24.3 Å². The minimum atomic E-state index is 0.882. The highest BCUT2D eigenvalue weighted by Crippen LogP contribution is 2.42. The van der Waals surface area contributed by atoms with Crippen molar-refractivity contribution in [3.05, 3.63) is 54.6 Å². The van der Waals surface area contributed by atoms with E-state index in [2.05, 4.69) is 63.3 Å². The van der Waals surface area contributed by atoms with Crippen LogP contribution < -0.4 is 9.80 Å². The Bertz CT molecular complexity index is 619. The SMILES string of the molecule is c1ccc(N2C3=NCCN3c3ccccc32)cc1. The summed E-state index contributed by atoms with van der Waals surface area (Å²) in [5.41, 5.74) is 3.66. The van der Waals surface area contributed by atoms with E-state index in [9.17, 15) is 0 Å². The van der Waals surface area contributed by atoms with Crippen LogP contribution >= 0.6 is 0 Å². The van der Waals surface area contributed by atoms with E-state index in [0.717, 1.165) is 19.0 Å². The Labute approximate surface area is 106 Å². The zero-order valence-electron chi connectivity index (χ0n) is 9.95. The monoisotopic (exact) mass is 235 g/mol. The number of hydrogen-bond acceptors (Lipinski definition) is 3. The molecule has 0 saturated heterocycles. The first-order chi connectivity index (χ1) is 8.95. The maximum Gasteiger partial charge on any atom is 0.210 e. The van der Waals surface area contributed by atoms with Gasteiger partial charge in [-0.2, -0.15) is 0 Å². The van der Waals surface area contributed by atoms with Crippen LogP contribution in [0.1, 0.15) is 0 Å². The maximum absolute atomic E-state index is 4.64. The molecule has 3 nitrogen and oxygen atoms in total. The standard InChI is InChI=1S/C15H13N3/c1-2-6-12(7-3-1)18-14-9-5-4-8-13(14)17-11-10-16-15(17)18/h1-9H,10-11H2. The first-order valence-corrected chi connectivity index (χ1v) is 6.21. The van der Waals surface area contributed by atoms with E-state index in [1.54, 1.807) is 0 Å². The summed E-state index contributed by atoms with van der Waals surface area (Å²) in [6, 6.07) is 18.9. The molecule has 2 aromatic rings. The minimum absolute atomic E-state index is 0.882. The smallest absolute Gasteiger partial charge is 0.210 e. The third kappa shape index (κ3) is 1.21. The molecule has 0 aromatic heterocycles. The number of nitrogens with zero attached hydrogens (tertiary/aromatic N) is 3. The lowest BCUT2D eigenvalue weighted by Gasteiger charge is -2.19. The number of anilines is 3. The average Bonchev–Trinajstić information content (AvgIpc) is 2.99. The van der Waals surface area contributed by atoms with Gasteiger partial charge in [0.25, 0.3) is 0 Å². The van der Waals surface area contributed by atoms with Gasteiger partial charge >= 0.3 is 0 Å². The lowest BCUT2D eigenvalue weighted by molar-refractivity contribution is 1.03. The molecule has 2 heterocycles. The van der Waals surface area contributed by atoms with Crippen molar-refractivity contribution in [2.24, 2.45) is 4.99 Å². The lowest BCUT2D eigenvalue weighted by Crippen LogP contribution is -2.32. The predicted octanol–water partition coefficient (Wildman–Crippen LogP) is 3.01. The Morgan fingerprint density at radius 1 is 0.833 bits per heavy atom. The van der Waals surface area contributed by atoms with E-state index in [4.69, 9.17) is 0 Å². The van der Waals surface area contributed by atoms with Gasteiger partial charge in [-0.15, -0.1) is 0 Å². The largest absolute Gasteiger partial charge is 0.308 e. The molecule has 88 valence electrons. The van der Waals surface area contributed by atoms with Crippen LogP contribution in [0.15, 0.2) is 59.6 Å². The van der Waals surface area contributed by atoms with Gasteiger partial charge in [0.1, 0.15) is 0 Å². The fourth-order valence-corrected chi connectivity index (χ4v) is 2.68. The van der Waals surface area contributed by atoms with Gasteiger partial charge in [-0.25, -0.2) is 0 Å². The Morgan fingerprint density at radius 3 is 2.39 bits per heavy atom. The second kappa shape index (κ2) is 3.60. The Hall–Kier alpha value is -2.29. The number of aliphatic imine (C=N–C) groups is 1. The highest BCUT2D eigenvalue weighted by Gasteiger charge is 2.35. The van der Waals surface area contributed by atoms with Crippen LogP contribution in [0.25, 0.3) is 0 Å². The first kappa shape index (κ1) is 9.71. The molecule has 2 aliphatic heterocycles. The van der Waals surface area contributed by atoms with Gasteiger partial charge in [0, 0.05) is 12.2 Å². The van der Waals surface area contributed by atoms with E-state index in [1.807, 2.05) is 6.07 Å². The van der Waals surface area contributed by atoms with Gasteiger partial charge in [-0.1, -0.05) is 30.3 Å². The summed E-state index contributed by atoms with van der Waals surface area (Å²) in [6.07, 6.45) is 0. The molecule has 0 saturated carbocycles. The highest BCUT2D eigenvalue weighted by atomic mass is 15.5. The van der Waals surface area contributed by atoms with Gasteiger partial charge < -0.3 is 4.90 Å². The second-order valence-electron chi connectivity index (χ2n) is 4.49. The molecule has 2 aromatic carbocycles. The molecule has 18 heavy (non-hydrogen) atoms. The van der Waals surface area contributed by atoms with E-state index >= 15 is 0 Å². The number of rotatable bonds is 1. The molecular weight excluding hydrogens is 222 g/mol. The van der Waals surface area contributed by atoms with Crippen molar-refractivity contribution in [3.8, 4) is 0 Å². The first-order valence-electron chi connectivity index (χ1n) is 6.21. The number of guanidine groups is 1. The molecule has 2 aliphatic rings. The summed E-state index contributed by atoms with van der Waals surface area (Å²) in [7, 11) is 0. The van der Waals surface area contributed by atoms with Crippen molar-refractivity contribution in [2.75, 3.05) is 22.9 Å². The van der Waals surface area contributed by atoms with Crippen LogP contribution in [0.2, 0.25) is 0 Å². The molecule has 0 bridgehead atoms. The molecule has 4 rings (SSSR count). The van der Waals surface area contributed by atoms with Crippen molar-refractivity contribution in [3.63, 3.8) is 0 Å². The van der Waals surface area contributed by atoms with Crippen molar-refractivity contribution in [2.45, 2.75) is 0 Å². The third-order valence-corrected chi connectivity index (χ3v) is 3.45. The molecular formula is C15H13N3. The van der Waals surface area contributed by atoms with E-state index in [0.29, 0.717) is 0 Å². The summed E-state index contributed by atoms with van der Waals surface area (Å²) in [5, 5.41) is 0. The number of hydrogen-bond donors (Lipinski definition) is 0. The van der Waals surface area contributed by atoms with E-state index < -0.39 is 0 Å². The third-order valence-electron chi connectivity index (χ3n) is 3.45. The Kier molecular flexibility index (Phi) is 1.94. The normalized spacial score (nSPS) is 16.6. The molecule has 0 radical (unpaired) electrons. The topological polar surface area (TPSA) is 18.8 Å². The molecule has 0 atom stereocenters. The number of fused-ring (bicyclic) bond motifs is 3. The van der Waals surface area contributed by atoms with Crippen LogP contribution in [0.3, 0.4) is 0 Å². The molecule has 0 amide bonds. The zero-order valence-corrected chi connectivity index (χ0v) is 9.95. The molecule has 0 aliphatic carbocycles. The van der Waals surface area contributed by atoms with Crippen LogP contribution in [0.4, 0.5) is 17.1 Å². The number of para-hydroxylation sites is 3. The van der Waals surface area contributed by atoms with Crippen molar-refractivity contribution < 1.29 is 0 Å². The van der Waals surface area contributed by atoms with Gasteiger partial charge in [0.2, 0.25) is 5.96 Å². The zero-order chi connectivity index (χ0) is 11.9. The van der Waals surface area contributed by atoms with Gasteiger partial charge in [0.15, 0.2) is 0 Å². The Balaban J connectivity index is 1.92. The molecule has 0 unspecified atom stereocenters. The van der Waals surface area contributed by atoms with Gasteiger partial charge in [-0.3, -0.25) is 9.89 Å². The molecule has 0 spiro atoms. The van der Waals surface area contributed by atoms with Crippen molar-refractivity contribution in [1.29, 1.82) is 0 Å². The van der Waals surface area contributed by atoms with E-state index in [1.165, 1.54) is 17.1 Å². The fourth-order valence-electron chi connectivity index (χ4n) is 2.68. The summed E-state index contributed by atoms with van der Waals surface area (Å²) >= 11 is 0. The van der Waals surface area contributed by atoms with Crippen LogP contribution in [-0.4, -0.2) is 19.0 Å². The molecule has 0 fully saturated rings. The summed E-state index contributed by atoms with van der Waals surface area (Å²) in [6.45, 7) is 1.86. The van der Waals surface area contributed by atoms with Gasteiger partial charge in [0.05, 0.1) is 17.9 Å². The lowest BCUT2D eigenvalue weighted by atomic mass is 10.2. The Morgan fingerprint density at radius 2 is 1.56 bits per heavy atom. The van der Waals surface area contributed by atoms with E-state index in [-0.39, 0.29) is 0 Å². The van der Waals surface area contributed by atoms with Crippen molar-refractivity contribution in [1.82, 2.24) is 0 Å². The summed E-state index contributed by atoms with van der Waals surface area (Å²) in [5.74, 6) is 1.06. The summed E-state index contributed by atoms with van der Waals surface area (Å²) in [4.78, 5) is 9.17. The average molecular weight is 235 g/mol. The molecule has 3 heteroatoms. The minimum Gasteiger partial charge on any atom is -0.308 e. The quantitative estimate of drug-likeness (QED) is 0.756. The predicted molar refractivity (Wildman–Crippen MR) is 74.7 cm³/mol. The second-order valence-corrected chi connectivity index (χ2v) is 4.49. The highest BCUT2D eigenvalue weighted by molar-refractivity contribution is 6.20. The van der Waals surface area contributed by atoms with Crippen LogP contribution in [0, 0.1) is 0 Å². The maximum atomic E-state index is 4.64. The van der Waals surface area contributed by atoms with Crippen molar-refractivity contribution >= 4 is 23.0 Å². The van der Waals surface area contributed by atoms with Crippen LogP contribution in [0.5, 0.6) is 0 Å².